The molecule has 8 nitrogen and oxygen atoms in total. The highest BCUT2D eigenvalue weighted by Crippen LogP contribution is 2.23. The zero-order valence-electron chi connectivity index (χ0n) is 12.9. The minimum absolute atomic E-state index is 0.0116. The van der Waals surface area contributed by atoms with Crippen LogP contribution in [0.3, 0.4) is 0 Å². The van der Waals surface area contributed by atoms with Gasteiger partial charge in [-0.1, -0.05) is 0 Å². The van der Waals surface area contributed by atoms with E-state index in [2.05, 4.69) is 0 Å². The normalized spacial score (nSPS) is 11.8. The monoisotopic (exact) mass is 562 g/mol. The van der Waals surface area contributed by atoms with Gasteiger partial charge in [0.1, 0.15) is 0 Å². The minimum atomic E-state index is -1.29. The van der Waals surface area contributed by atoms with Crippen LogP contribution in [0.2, 0.25) is 0 Å². The number of urea groups is 1. The summed E-state index contributed by atoms with van der Waals surface area (Å²) in [5.74, 6) is -1.94. The first-order chi connectivity index (χ1) is 11.1. The summed E-state index contributed by atoms with van der Waals surface area (Å²) in [6.07, 6.45) is -1.29. The van der Waals surface area contributed by atoms with Crippen molar-refractivity contribution in [1.82, 2.24) is 9.80 Å². The van der Waals surface area contributed by atoms with Crippen molar-refractivity contribution in [3.05, 3.63) is 30.4 Å². The summed E-state index contributed by atoms with van der Waals surface area (Å²) in [5, 5.41) is 27.8. The van der Waals surface area contributed by atoms with Crippen molar-refractivity contribution in [1.29, 1.82) is 0 Å². The molecule has 0 saturated heterocycles. The van der Waals surface area contributed by atoms with E-state index in [1.807, 2.05) is 45.2 Å². The van der Waals surface area contributed by atoms with Gasteiger partial charge in [-0.05, 0) is 57.3 Å². The molecule has 24 heavy (non-hydrogen) atoms. The van der Waals surface area contributed by atoms with Crippen LogP contribution in [0.5, 0.6) is 0 Å². The van der Waals surface area contributed by atoms with Gasteiger partial charge in [-0.3, -0.25) is 9.69 Å². The molecule has 1 atom stereocenters. The average Bonchev–Trinajstić information content (AvgIpc) is 2.52. The lowest BCUT2D eigenvalue weighted by Crippen LogP contribution is -2.47. The number of amides is 3. The van der Waals surface area contributed by atoms with Crippen molar-refractivity contribution in [2.45, 2.75) is 6.10 Å². The Morgan fingerprint density at radius 2 is 1.79 bits per heavy atom. The topological polar surface area (TPSA) is 118 Å². The highest BCUT2D eigenvalue weighted by molar-refractivity contribution is 14.1. The Morgan fingerprint density at radius 1 is 1.21 bits per heavy atom. The molecule has 0 spiro atoms. The van der Waals surface area contributed by atoms with E-state index in [1.54, 1.807) is 0 Å². The van der Waals surface area contributed by atoms with E-state index < -0.39 is 37.2 Å². The second-order valence-electron chi connectivity index (χ2n) is 5.05. The van der Waals surface area contributed by atoms with Crippen molar-refractivity contribution in [3.63, 3.8) is 0 Å². The Hall–Kier alpha value is -0.990. The van der Waals surface area contributed by atoms with Crippen LogP contribution in [0.4, 0.5) is 4.79 Å². The molecular formula is C14H16I2N2O6. The summed E-state index contributed by atoms with van der Waals surface area (Å²) < 4.78 is 1.04. The molecule has 10 heteroatoms. The van der Waals surface area contributed by atoms with Crippen LogP contribution < -0.4 is 0 Å². The van der Waals surface area contributed by atoms with Gasteiger partial charge in [-0.2, -0.15) is 0 Å². The van der Waals surface area contributed by atoms with Crippen LogP contribution in [0.25, 0.3) is 0 Å². The van der Waals surface area contributed by atoms with Gasteiger partial charge < -0.3 is 20.2 Å². The number of carboxylic acid groups (broad SMARTS) is 1. The predicted molar refractivity (Wildman–Crippen MR) is 102 cm³/mol. The van der Waals surface area contributed by atoms with Gasteiger partial charge in [0.25, 0.3) is 5.91 Å². The molecule has 0 aliphatic carbocycles. The molecule has 0 aliphatic heterocycles. The van der Waals surface area contributed by atoms with Crippen LogP contribution in [-0.2, 0) is 0 Å². The molecule has 3 amide bonds. The Labute approximate surface area is 165 Å². The second kappa shape index (κ2) is 8.92. The number of carbonyl (C=O) groups is 3. The number of hydrogen-bond acceptors (Lipinski definition) is 5. The number of halogens is 2. The Bertz CT molecular complexity index is 665. The molecule has 0 radical (unpaired) electrons. The predicted octanol–water partition coefficient (Wildman–Crippen LogP) is 1.07. The van der Waals surface area contributed by atoms with Gasteiger partial charge in [-0.25, -0.2) is 9.59 Å². The fraction of sp³-hybridized carbons (Fsp3) is 0.357. The van der Waals surface area contributed by atoms with Crippen molar-refractivity contribution in [2.75, 3.05) is 27.2 Å². The lowest BCUT2D eigenvalue weighted by atomic mass is 10.1. The van der Waals surface area contributed by atoms with Gasteiger partial charge in [0.15, 0.2) is 0 Å². The first-order valence-corrected chi connectivity index (χ1v) is 8.80. The quantitative estimate of drug-likeness (QED) is 0.463. The summed E-state index contributed by atoms with van der Waals surface area (Å²) >= 11 is 3.77. The summed E-state index contributed by atoms with van der Waals surface area (Å²) in [7, 11) is 2.88. The standard InChI is InChI=1S/C14H16I2N2O6/c1-17(2)14(24)18(5-8(20)6-19)12(21)7-3-9(13(22)23)11(16)10(15)4-7/h3-4,8,19-20H,5-6H2,1-2H3,(H,22,23). The van der Waals surface area contributed by atoms with E-state index in [0.717, 1.165) is 9.80 Å². The summed E-state index contributed by atoms with van der Waals surface area (Å²) in [4.78, 5) is 38.1. The number of carboxylic acids is 1. The third-order valence-corrected chi connectivity index (χ3v) is 6.01. The maximum Gasteiger partial charge on any atom is 0.336 e. The average molecular weight is 562 g/mol. The lowest BCUT2D eigenvalue weighted by Gasteiger charge is -2.26. The first-order valence-electron chi connectivity index (χ1n) is 6.64. The number of rotatable bonds is 5. The number of carbonyl (C=O) groups excluding carboxylic acids is 2. The SMILES string of the molecule is CN(C)C(=O)N(CC(O)CO)C(=O)c1cc(I)c(I)c(C(=O)O)c1. The number of aliphatic hydroxyl groups is 2. The Kier molecular flexibility index (Phi) is 7.82. The number of aromatic carboxylic acids is 1. The molecule has 1 aromatic rings. The molecule has 0 saturated carbocycles. The molecule has 0 aromatic heterocycles. The van der Waals surface area contributed by atoms with Gasteiger partial charge in [0.05, 0.1) is 24.8 Å². The summed E-state index contributed by atoms with van der Waals surface area (Å²) in [6.45, 7) is -1.02. The van der Waals surface area contributed by atoms with Gasteiger partial charge in [0.2, 0.25) is 0 Å². The fourth-order valence-electron chi connectivity index (χ4n) is 1.78. The highest BCUT2D eigenvalue weighted by atomic mass is 127. The fourth-order valence-corrected chi connectivity index (χ4v) is 2.95. The minimum Gasteiger partial charge on any atom is -0.478 e. The van der Waals surface area contributed by atoms with E-state index in [-0.39, 0.29) is 11.1 Å². The van der Waals surface area contributed by atoms with Crippen LogP contribution >= 0.6 is 45.2 Å². The molecule has 1 unspecified atom stereocenters. The van der Waals surface area contributed by atoms with Gasteiger partial charge >= 0.3 is 12.0 Å². The molecule has 132 valence electrons. The van der Waals surface area contributed by atoms with Crippen LogP contribution in [0.1, 0.15) is 20.7 Å². The van der Waals surface area contributed by atoms with E-state index in [9.17, 15) is 24.6 Å². The smallest absolute Gasteiger partial charge is 0.336 e. The lowest BCUT2D eigenvalue weighted by molar-refractivity contribution is 0.0504. The van der Waals surface area contributed by atoms with E-state index in [1.165, 1.54) is 26.2 Å². The molecule has 0 aliphatic rings. The third kappa shape index (κ3) is 5.00. The maximum absolute atomic E-state index is 12.7. The Balaban J connectivity index is 3.32. The van der Waals surface area contributed by atoms with Gasteiger partial charge in [-0.15, -0.1) is 0 Å². The largest absolute Gasteiger partial charge is 0.478 e. The number of aliphatic hydroxyl groups excluding tert-OH is 2. The maximum atomic E-state index is 12.7. The van der Waals surface area contributed by atoms with E-state index >= 15 is 0 Å². The molecule has 1 aromatic carbocycles. The first kappa shape index (κ1) is 21.1. The molecule has 1 rings (SSSR count). The zero-order chi connectivity index (χ0) is 18.6. The number of imide groups is 1. The second-order valence-corrected chi connectivity index (χ2v) is 7.29. The highest BCUT2D eigenvalue weighted by Gasteiger charge is 2.28. The van der Waals surface area contributed by atoms with Gasteiger partial charge in [0, 0.05) is 26.8 Å². The van der Waals surface area contributed by atoms with E-state index in [0.29, 0.717) is 7.14 Å². The Morgan fingerprint density at radius 3 is 2.25 bits per heavy atom. The number of nitrogens with zero attached hydrogens (tertiary/aromatic N) is 2. The van der Waals surface area contributed by atoms with E-state index in [4.69, 9.17) is 5.11 Å². The molecule has 0 fully saturated rings. The van der Waals surface area contributed by atoms with Crippen LogP contribution in [0.15, 0.2) is 12.1 Å². The zero-order valence-corrected chi connectivity index (χ0v) is 17.2. The number of hydrogen-bond donors (Lipinski definition) is 3. The van der Waals surface area contributed by atoms with Crippen LogP contribution in [0, 0.1) is 7.14 Å². The van der Waals surface area contributed by atoms with Crippen molar-refractivity contribution < 1.29 is 29.7 Å². The van der Waals surface area contributed by atoms with Crippen molar-refractivity contribution in [2.24, 2.45) is 0 Å². The molecular weight excluding hydrogens is 546 g/mol. The van der Waals surface area contributed by atoms with Crippen molar-refractivity contribution >= 4 is 63.1 Å². The van der Waals surface area contributed by atoms with Crippen LogP contribution in [-0.4, -0.2) is 76.4 Å². The molecule has 3 N–H and O–H groups in total. The molecule has 0 bridgehead atoms. The van der Waals surface area contributed by atoms with Crippen molar-refractivity contribution in [3.8, 4) is 0 Å². The molecule has 0 heterocycles. The third-order valence-electron chi connectivity index (χ3n) is 2.97. The summed E-state index contributed by atoms with van der Waals surface area (Å²) in [6, 6.07) is 1.98. The summed E-state index contributed by atoms with van der Waals surface area (Å²) in [5.41, 5.74) is -0.0386. The number of benzene rings is 1.